The van der Waals surface area contributed by atoms with E-state index in [-0.39, 0.29) is 6.04 Å². The molecule has 2 rings (SSSR count). The van der Waals surface area contributed by atoms with Gasteiger partial charge in [0, 0.05) is 16.7 Å². The third-order valence-corrected chi connectivity index (χ3v) is 4.84. The standard InChI is InChI=1S/C16H17Cl2NS/c1-10-5-11(2)7-12(6-10)16(19)9-20-13-3-4-14(17)15(18)8-13/h3-8,16H,9,19H2,1-2H3. The van der Waals surface area contributed by atoms with Crippen LogP contribution in [0.3, 0.4) is 0 Å². The zero-order valence-electron chi connectivity index (χ0n) is 11.5. The average Bonchev–Trinajstić information content (AvgIpc) is 2.38. The van der Waals surface area contributed by atoms with Crippen molar-refractivity contribution < 1.29 is 0 Å². The lowest BCUT2D eigenvalue weighted by molar-refractivity contribution is 0.828. The Balaban J connectivity index is 2.04. The van der Waals surface area contributed by atoms with Gasteiger partial charge in [0.25, 0.3) is 0 Å². The predicted molar refractivity (Wildman–Crippen MR) is 90.0 cm³/mol. The van der Waals surface area contributed by atoms with Crippen LogP contribution in [0.15, 0.2) is 41.3 Å². The molecule has 2 aromatic rings. The quantitative estimate of drug-likeness (QED) is 0.761. The van der Waals surface area contributed by atoms with Gasteiger partial charge in [0.05, 0.1) is 10.0 Å². The average molecular weight is 326 g/mol. The lowest BCUT2D eigenvalue weighted by Gasteiger charge is -2.13. The molecule has 0 bridgehead atoms. The normalized spacial score (nSPS) is 12.4. The highest BCUT2D eigenvalue weighted by Gasteiger charge is 2.08. The summed E-state index contributed by atoms with van der Waals surface area (Å²) in [6.45, 7) is 4.19. The highest BCUT2D eigenvalue weighted by atomic mass is 35.5. The summed E-state index contributed by atoms with van der Waals surface area (Å²) in [5.41, 5.74) is 9.94. The highest BCUT2D eigenvalue weighted by molar-refractivity contribution is 7.99. The largest absolute Gasteiger partial charge is 0.323 e. The fourth-order valence-electron chi connectivity index (χ4n) is 2.07. The van der Waals surface area contributed by atoms with Crippen LogP contribution in [-0.4, -0.2) is 5.75 Å². The van der Waals surface area contributed by atoms with Crippen molar-refractivity contribution in [1.29, 1.82) is 0 Å². The van der Waals surface area contributed by atoms with Crippen molar-refractivity contribution >= 4 is 35.0 Å². The number of hydrogen-bond acceptors (Lipinski definition) is 2. The van der Waals surface area contributed by atoms with Crippen molar-refractivity contribution in [2.24, 2.45) is 5.73 Å². The summed E-state index contributed by atoms with van der Waals surface area (Å²) in [6.07, 6.45) is 0. The Hall–Kier alpha value is -0.670. The summed E-state index contributed by atoms with van der Waals surface area (Å²) >= 11 is 13.6. The number of benzene rings is 2. The maximum atomic E-state index is 6.27. The minimum absolute atomic E-state index is 0.00746. The second kappa shape index (κ2) is 6.86. The summed E-state index contributed by atoms with van der Waals surface area (Å²) in [6, 6.07) is 12.1. The number of hydrogen-bond donors (Lipinski definition) is 1. The first-order chi connectivity index (χ1) is 9.45. The summed E-state index contributed by atoms with van der Waals surface area (Å²) in [5, 5.41) is 1.16. The topological polar surface area (TPSA) is 26.0 Å². The van der Waals surface area contributed by atoms with E-state index in [1.54, 1.807) is 11.8 Å². The first kappa shape index (κ1) is 15.7. The molecule has 0 saturated heterocycles. The van der Waals surface area contributed by atoms with E-state index < -0.39 is 0 Å². The van der Waals surface area contributed by atoms with Gasteiger partial charge in [0.2, 0.25) is 0 Å². The minimum atomic E-state index is 0.00746. The molecule has 0 saturated carbocycles. The Morgan fingerprint density at radius 2 is 1.65 bits per heavy atom. The number of thioether (sulfide) groups is 1. The van der Waals surface area contributed by atoms with Crippen molar-refractivity contribution in [3.8, 4) is 0 Å². The molecule has 1 atom stereocenters. The Kier molecular flexibility index (Phi) is 5.39. The predicted octanol–water partition coefficient (Wildman–Crippen LogP) is 5.40. The molecule has 20 heavy (non-hydrogen) atoms. The van der Waals surface area contributed by atoms with Gasteiger partial charge in [0.1, 0.15) is 0 Å². The van der Waals surface area contributed by atoms with E-state index in [1.165, 1.54) is 16.7 Å². The van der Waals surface area contributed by atoms with Crippen LogP contribution in [0.5, 0.6) is 0 Å². The van der Waals surface area contributed by atoms with Gasteiger partial charge in [-0.05, 0) is 37.6 Å². The van der Waals surface area contributed by atoms with Crippen molar-refractivity contribution in [2.75, 3.05) is 5.75 Å². The van der Waals surface area contributed by atoms with Crippen molar-refractivity contribution in [3.05, 3.63) is 63.1 Å². The smallest absolute Gasteiger partial charge is 0.0603 e. The molecular weight excluding hydrogens is 309 g/mol. The summed E-state index contributed by atoms with van der Waals surface area (Å²) in [7, 11) is 0. The molecule has 0 aliphatic rings. The van der Waals surface area contributed by atoms with Crippen LogP contribution in [-0.2, 0) is 0 Å². The second-order valence-electron chi connectivity index (χ2n) is 4.91. The van der Waals surface area contributed by atoms with Gasteiger partial charge < -0.3 is 5.73 Å². The van der Waals surface area contributed by atoms with Crippen molar-refractivity contribution in [3.63, 3.8) is 0 Å². The number of aryl methyl sites for hydroxylation is 2. The van der Waals surface area contributed by atoms with Crippen LogP contribution < -0.4 is 5.73 Å². The van der Waals surface area contributed by atoms with Crippen LogP contribution in [0.25, 0.3) is 0 Å². The Morgan fingerprint density at radius 3 is 2.25 bits per heavy atom. The SMILES string of the molecule is Cc1cc(C)cc(C(N)CSc2ccc(Cl)c(Cl)c2)c1. The molecule has 2 aromatic carbocycles. The van der Waals surface area contributed by atoms with Gasteiger partial charge in [0.15, 0.2) is 0 Å². The molecule has 0 spiro atoms. The number of halogens is 2. The van der Waals surface area contributed by atoms with Gasteiger partial charge in [-0.15, -0.1) is 11.8 Å². The van der Waals surface area contributed by atoms with E-state index in [0.717, 1.165) is 10.6 Å². The van der Waals surface area contributed by atoms with E-state index in [0.29, 0.717) is 10.0 Å². The summed E-state index contributed by atoms with van der Waals surface area (Å²) in [5.74, 6) is 0.806. The third kappa shape index (κ3) is 4.16. The van der Waals surface area contributed by atoms with E-state index in [4.69, 9.17) is 28.9 Å². The maximum absolute atomic E-state index is 6.27. The fraction of sp³-hybridized carbons (Fsp3) is 0.250. The molecule has 0 heterocycles. The van der Waals surface area contributed by atoms with Crippen LogP contribution in [0, 0.1) is 13.8 Å². The monoisotopic (exact) mass is 325 g/mol. The molecule has 0 radical (unpaired) electrons. The number of nitrogens with two attached hydrogens (primary N) is 1. The van der Waals surface area contributed by atoms with Gasteiger partial charge >= 0.3 is 0 Å². The van der Waals surface area contributed by atoms with E-state index >= 15 is 0 Å². The van der Waals surface area contributed by atoms with Crippen LogP contribution in [0.1, 0.15) is 22.7 Å². The first-order valence-corrected chi connectivity index (χ1v) is 8.11. The summed E-state index contributed by atoms with van der Waals surface area (Å²) < 4.78 is 0. The first-order valence-electron chi connectivity index (χ1n) is 6.37. The van der Waals surface area contributed by atoms with Gasteiger partial charge in [-0.25, -0.2) is 0 Å². The van der Waals surface area contributed by atoms with E-state index in [1.807, 2.05) is 18.2 Å². The molecule has 0 fully saturated rings. The molecule has 1 unspecified atom stereocenters. The van der Waals surface area contributed by atoms with E-state index in [2.05, 4.69) is 32.0 Å². The van der Waals surface area contributed by atoms with Gasteiger partial charge in [-0.1, -0.05) is 52.5 Å². The molecule has 1 nitrogen and oxygen atoms in total. The number of rotatable bonds is 4. The van der Waals surface area contributed by atoms with Gasteiger partial charge in [-0.2, -0.15) is 0 Å². The molecule has 0 aliphatic carbocycles. The van der Waals surface area contributed by atoms with E-state index in [9.17, 15) is 0 Å². The van der Waals surface area contributed by atoms with Crippen molar-refractivity contribution in [1.82, 2.24) is 0 Å². The van der Waals surface area contributed by atoms with Crippen LogP contribution in [0.4, 0.5) is 0 Å². The zero-order chi connectivity index (χ0) is 14.7. The molecule has 0 aliphatic heterocycles. The lowest BCUT2D eigenvalue weighted by atomic mass is 10.0. The highest BCUT2D eigenvalue weighted by Crippen LogP contribution is 2.30. The van der Waals surface area contributed by atoms with Crippen molar-refractivity contribution in [2.45, 2.75) is 24.8 Å². The molecule has 2 N–H and O–H groups in total. The molecule has 106 valence electrons. The minimum Gasteiger partial charge on any atom is -0.323 e. The lowest BCUT2D eigenvalue weighted by Crippen LogP contribution is -2.13. The molecule has 0 amide bonds. The van der Waals surface area contributed by atoms with Gasteiger partial charge in [-0.3, -0.25) is 0 Å². The Bertz CT molecular complexity index is 593. The molecule has 0 aromatic heterocycles. The molecule has 4 heteroatoms. The Morgan fingerprint density at radius 1 is 1.00 bits per heavy atom. The second-order valence-corrected chi connectivity index (χ2v) is 6.82. The zero-order valence-corrected chi connectivity index (χ0v) is 13.8. The maximum Gasteiger partial charge on any atom is 0.0603 e. The molecular formula is C16H17Cl2NS. The fourth-order valence-corrected chi connectivity index (χ4v) is 3.37. The third-order valence-electron chi connectivity index (χ3n) is 2.99. The van der Waals surface area contributed by atoms with Crippen LogP contribution in [0.2, 0.25) is 10.0 Å². The summed E-state index contributed by atoms with van der Waals surface area (Å²) in [4.78, 5) is 1.08. The Labute approximate surface area is 134 Å². The van der Waals surface area contributed by atoms with Crippen LogP contribution >= 0.6 is 35.0 Å².